The molecule has 0 radical (unpaired) electrons. The largest absolute Gasteiger partial charge is 0.381 e. The maximum absolute atomic E-state index is 6.23. The molecule has 1 fully saturated rings. The molecule has 1 aliphatic rings. The van der Waals surface area contributed by atoms with E-state index in [2.05, 4.69) is 33.9 Å². The number of benzene rings is 1. The highest BCUT2D eigenvalue weighted by atomic mass is 79.9. The molecule has 17 heavy (non-hydrogen) atoms. The zero-order valence-electron chi connectivity index (χ0n) is 9.96. The van der Waals surface area contributed by atoms with Gasteiger partial charge in [-0.1, -0.05) is 33.6 Å². The molecule has 2 nitrogen and oxygen atoms in total. The topological polar surface area (TPSA) is 12.5 Å². The van der Waals surface area contributed by atoms with E-state index in [1.807, 2.05) is 12.1 Å². The lowest BCUT2D eigenvalue weighted by Crippen LogP contribution is -2.37. The first-order valence-corrected chi connectivity index (χ1v) is 7.38. The second-order valence-corrected chi connectivity index (χ2v) is 5.29. The number of alkyl halides is 1. The smallest absolute Gasteiger partial charge is 0.0485 e. The van der Waals surface area contributed by atoms with Crippen LogP contribution in [0.25, 0.3) is 0 Å². The van der Waals surface area contributed by atoms with E-state index in [0.717, 1.165) is 36.4 Å². The highest BCUT2D eigenvalue weighted by molar-refractivity contribution is 9.08. The Hall–Kier alpha value is -0.250. The molecule has 4 heteroatoms. The molecule has 1 aliphatic heterocycles. The van der Waals surface area contributed by atoms with Gasteiger partial charge in [0.1, 0.15) is 0 Å². The summed E-state index contributed by atoms with van der Waals surface area (Å²) in [5, 5.41) is 1.62. The first kappa shape index (κ1) is 13.2. The number of ether oxygens (including phenoxy) is 1. The summed E-state index contributed by atoms with van der Waals surface area (Å²) in [6.45, 7) is 1.72. The van der Waals surface area contributed by atoms with Crippen molar-refractivity contribution < 1.29 is 4.74 Å². The zero-order valence-corrected chi connectivity index (χ0v) is 12.3. The second kappa shape index (κ2) is 6.07. The maximum atomic E-state index is 6.23. The number of rotatable bonds is 3. The maximum Gasteiger partial charge on any atom is 0.0485 e. The fourth-order valence-corrected chi connectivity index (χ4v) is 3.27. The average Bonchev–Trinajstić information content (AvgIpc) is 2.38. The van der Waals surface area contributed by atoms with Gasteiger partial charge in [0, 0.05) is 47.9 Å². The van der Waals surface area contributed by atoms with Crippen LogP contribution in [0.3, 0.4) is 0 Å². The summed E-state index contributed by atoms with van der Waals surface area (Å²) in [6, 6.07) is 6.65. The van der Waals surface area contributed by atoms with Gasteiger partial charge >= 0.3 is 0 Å². The van der Waals surface area contributed by atoms with Crippen molar-refractivity contribution in [1.29, 1.82) is 0 Å². The summed E-state index contributed by atoms with van der Waals surface area (Å²) in [6.07, 6.45) is 2.18. The number of nitrogens with zero attached hydrogens (tertiary/aromatic N) is 1. The Morgan fingerprint density at radius 2 is 2.12 bits per heavy atom. The summed E-state index contributed by atoms with van der Waals surface area (Å²) >= 11 is 9.75. The van der Waals surface area contributed by atoms with E-state index < -0.39 is 0 Å². The summed E-state index contributed by atoms with van der Waals surface area (Å²) in [4.78, 5) is 2.34. The summed E-state index contributed by atoms with van der Waals surface area (Å²) in [5.41, 5.74) is 2.39. The molecular weight excluding hydrogens is 302 g/mol. The molecule has 0 unspecified atom stereocenters. The minimum absolute atomic E-state index is 0.556. The van der Waals surface area contributed by atoms with Crippen LogP contribution in [-0.2, 0) is 10.1 Å². The molecule has 0 aromatic heterocycles. The van der Waals surface area contributed by atoms with Gasteiger partial charge < -0.3 is 9.64 Å². The van der Waals surface area contributed by atoms with Crippen LogP contribution >= 0.6 is 27.5 Å². The van der Waals surface area contributed by atoms with Crippen LogP contribution < -0.4 is 4.90 Å². The van der Waals surface area contributed by atoms with E-state index in [1.165, 1.54) is 11.3 Å². The molecule has 0 atom stereocenters. The molecule has 0 aliphatic carbocycles. The molecule has 2 rings (SSSR count). The normalized spacial score (nSPS) is 17.1. The van der Waals surface area contributed by atoms with Gasteiger partial charge in [-0.15, -0.1) is 0 Å². The number of hydrogen-bond donors (Lipinski definition) is 0. The van der Waals surface area contributed by atoms with E-state index in [9.17, 15) is 0 Å². The molecule has 0 bridgehead atoms. The van der Waals surface area contributed by atoms with Crippen LogP contribution in [0.2, 0.25) is 5.02 Å². The Bertz CT molecular complexity index is 380. The lowest BCUT2D eigenvalue weighted by atomic mass is 10.1. The van der Waals surface area contributed by atoms with Crippen LogP contribution in [-0.4, -0.2) is 26.3 Å². The van der Waals surface area contributed by atoms with Gasteiger partial charge in [0.15, 0.2) is 0 Å². The lowest BCUT2D eigenvalue weighted by Gasteiger charge is -2.34. The predicted octanol–water partition coefficient (Wildman–Crippen LogP) is 3.85. The standard InChI is InChI=1S/C13H17BrClNO/c1-16(10-5-7-17-8-6-10)13-4-2-3-12(15)11(13)9-14/h2-4,10H,5-9H2,1H3. The first-order valence-electron chi connectivity index (χ1n) is 5.88. The zero-order chi connectivity index (χ0) is 12.3. The summed E-state index contributed by atoms with van der Waals surface area (Å²) in [5.74, 6) is 0. The Kier molecular flexibility index (Phi) is 4.71. The molecule has 1 aromatic rings. The molecule has 0 amide bonds. The van der Waals surface area contributed by atoms with Gasteiger partial charge in [-0.3, -0.25) is 0 Å². The fourth-order valence-electron chi connectivity index (χ4n) is 2.28. The summed E-state index contributed by atoms with van der Waals surface area (Å²) in [7, 11) is 2.15. The molecule has 1 heterocycles. The predicted molar refractivity (Wildman–Crippen MR) is 76.3 cm³/mol. The van der Waals surface area contributed by atoms with Gasteiger partial charge in [0.25, 0.3) is 0 Å². The van der Waals surface area contributed by atoms with Crippen molar-refractivity contribution in [1.82, 2.24) is 0 Å². The van der Waals surface area contributed by atoms with Gasteiger partial charge in [-0.2, -0.15) is 0 Å². The number of hydrogen-bond acceptors (Lipinski definition) is 2. The van der Waals surface area contributed by atoms with Crippen LogP contribution in [0.15, 0.2) is 18.2 Å². The SMILES string of the molecule is CN(c1cccc(Cl)c1CBr)C1CCOCC1. The van der Waals surface area contributed by atoms with Gasteiger partial charge in [0.05, 0.1) is 0 Å². The average molecular weight is 319 g/mol. The molecule has 94 valence electrons. The quantitative estimate of drug-likeness (QED) is 0.785. The minimum atomic E-state index is 0.556. The molecule has 1 saturated heterocycles. The van der Waals surface area contributed by atoms with Crippen molar-refractivity contribution in [2.24, 2.45) is 0 Å². The summed E-state index contributed by atoms with van der Waals surface area (Å²) < 4.78 is 5.40. The molecular formula is C13H17BrClNO. The molecule has 0 N–H and O–H groups in total. The first-order chi connectivity index (χ1) is 8.24. The highest BCUT2D eigenvalue weighted by Crippen LogP contribution is 2.31. The van der Waals surface area contributed by atoms with Gasteiger partial charge in [0.2, 0.25) is 0 Å². The lowest BCUT2D eigenvalue weighted by molar-refractivity contribution is 0.0854. The Balaban J connectivity index is 2.23. The van der Waals surface area contributed by atoms with E-state index in [4.69, 9.17) is 16.3 Å². The number of anilines is 1. The van der Waals surface area contributed by atoms with E-state index in [0.29, 0.717) is 6.04 Å². The third-order valence-electron chi connectivity index (χ3n) is 3.35. The molecule has 0 saturated carbocycles. The van der Waals surface area contributed by atoms with Crippen molar-refractivity contribution in [2.45, 2.75) is 24.2 Å². The van der Waals surface area contributed by atoms with Crippen molar-refractivity contribution in [2.75, 3.05) is 25.2 Å². The van der Waals surface area contributed by atoms with Crippen LogP contribution in [0, 0.1) is 0 Å². The van der Waals surface area contributed by atoms with E-state index in [-0.39, 0.29) is 0 Å². The Morgan fingerprint density at radius 3 is 2.76 bits per heavy atom. The van der Waals surface area contributed by atoms with Crippen LogP contribution in [0.1, 0.15) is 18.4 Å². The van der Waals surface area contributed by atoms with Crippen LogP contribution in [0.4, 0.5) is 5.69 Å². The molecule has 0 spiro atoms. The van der Waals surface area contributed by atoms with Crippen molar-refractivity contribution in [3.63, 3.8) is 0 Å². The fraction of sp³-hybridized carbons (Fsp3) is 0.538. The van der Waals surface area contributed by atoms with E-state index in [1.54, 1.807) is 0 Å². The Morgan fingerprint density at radius 1 is 1.41 bits per heavy atom. The highest BCUT2D eigenvalue weighted by Gasteiger charge is 2.20. The van der Waals surface area contributed by atoms with E-state index >= 15 is 0 Å². The van der Waals surface area contributed by atoms with Crippen LogP contribution in [0.5, 0.6) is 0 Å². The minimum Gasteiger partial charge on any atom is -0.381 e. The number of halogens is 2. The monoisotopic (exact) mass is 317 g/mol. The molecule has 1 aromatic carbocycles. The van der Waals surface area contributed by atoms with Crippen molar-refractivity contribution in [3.05, 3.63) is 28.8 Å². The van der Waals surface area contributed by atoms with Gasteiger partial charge in [-0.25, -0.2) is 0 Å². The Labute approximate surface area is 116 Å². The second-order valence-electron chi connectivity index (χ2n) is 4.33. The third kappa shape index (κ3) is 2.95. The third-order valence-corrected chi connectivity index (χ3v) is 4.26. The van der Waals surface area contributed by atoms with Crippen molar-refractivity contribution in [3.8, 4) is 0 Å². The van der Waals surface area contributed by atoms with Gasteiger partial charge in [-0.05, 0) is 25.0 Å². The van der Waals surface area contributed by atoms with Crippen molar-refractivity contribution >= 4 is 33.2 Å².